The van der Waals surface area contributed by atoms with Gasteiger partial charge in [-0.15, -0.1) is 0 Å². The van der Waals surface area contributed by atoms with E-state index in [1.807, 2.05) is 69.2 Å². The molecule has 0 fully saturated rings. The molecule has 7 nitrogen and oxygen atoms in total. The van der Waals surface area contributed by atoms with Gasteiger partial charge in [-0.2, -0.15) is 0 Å². The predicted octanol–water partition coefficient (Wildman–Crippen LogP) is 5.46. The first-order valence-electron chi connectivity index (χ1n) is 10.1. The Kier molecular flexibility index (Phi) is 11.0. The van der Waals surface area contributed by atoms with Crippen LogP contribution < -0.4 is 0 Å². The lowest BCUT2D eigenvalue weighted by atomic mass is 10.0. The fourth-order valence-electron chi connectivity index (χ4n) is 2.33. The van der Waals surface area contributed by atoms with Gasteiger partial charge in [0.25, 0.3) is 0 Å². The second-order valence-corrected chi connectivity index (χ2v) is 9.90. The van der Waals surface area contributed by atoms with Crippen LogP contribution >= 0.6 is 0 Å². The van der Waals surface area contributed by atoms with E-state index in [1.165, 1.54) is 0 Å². The lowest BCUT2D eigenvalue weighted by molar-refractivity contribution is -0.391. The molecule has 28 heavy (non-hydrogen) atoms. The SMILES string of the molecule is CC(C)C(OOC(C)(C)C)C(C)OC(=O)OC(C)C(OOC(C)(C)C)C(C)C. The Balaban J connectivity index is 4.80. The number of carbonyl (C=O) groups excluding carboxylic acids is 1. The lowest BCUT2D eigenvalue weighted by Crippen LogP contribution is -2.40. The summed E-state index contributed by atoms with van der Waals surface area (Å²) in [6.45, 7) is 22.7. The molecule has 0 N–H and O–H groups in total. The summed E-state index contributed by atoms with van der Waals surface area (Å²) < 4.78 is 10.8. The van der Waals surface area contributed by atoms with Gasteiger partial charge in [0, 0.05) is 0 Å². The van der Waals surface area contributed by atoms with Crippen molar-refractivity contribution in [1.82, 2.24) is 0 Å². The minimum Gasteiger partial charge on any atom is -0.428 e. The zero-order valence-electron chi connectivity index (χ0n) is 19.8. The van der Waals surface area contributed by atoms with Gasteiger partial charge in [-0.05, 0) is 67.2 Å². The van der Waals surface area contributed by atoms with Crippen molar-refractivity contribution in [3.63, 3.8) is 0 Å². The van der Waals surface area contributed by atoms with Crippen molar-refractivity contribution in [2.75, 3.05) is 0 Å². The number of ether oxygens (including phenoxy) is 2. The minimum atomic E-state index is -0.782. The van der Waals surface area contributed by atoms with Gasteiger partial charge >= 0.3 is 6.16 Å². The van der Waals surface area contributed by atoms with Crippen LogP contribution in [0.4, 0.5) is 4.79 Å². The first-order chi connectivity index (χ1) is 12.5. The molecule has 0 heterocycles. The molecule has 0 aromatic rings. The summed E-state index contributed by atoms with van der Waals surface area (Å²) in [5.41, 5.74) is -0.923. The van der Waals surface area contributed by atoms with E-state index in [2.05, 4.69) is 0 Å². The summed E-state index contributed by atoms with van der Waals surface area (Å²) in [6, 6.07) is 0. The van der Waals surface area contributed by atoms with Crippen LogP contribution in [0.25, 0.3) is 0 Å². The van der Waals surface area contributed by atoms with E-state index < -0.39 is 41.8 Å². The highest BCUT2D eigenvalue weighted by atomic mass is 17.2. The molecule has 0 aromatic carbocycles. The highest BCUT2D eigenvalue weighted by Gasteiger charge is 2.32. The summed E-state index contributed by atoms with van der Waals surface area (Å²) in [6.07, 6.45) is -2.74. The zero-order chi connectivity index (χ0) is 22.3. The maximum Gasteiger partial charge on any atom is 0.508 e. The fourth-order valence-corrected chi connectivity index (χ4v) is 2.33. The molecule has 0 saturated carbocycles. The van der Waals surface area contributed by atoms with Gasteiger partial charge in [0.2, 0.25) is 0 Å². The van der Waals surface area contributed by atoms with Crippen LogP contribution in [-0.4, -0.2) is 41.8 Å². The van der Waals surface area contributed by atoms with Crippen molar-refractivity contribution in [3.8, 4) is 0 Å². The quantitative estimate of drug-likeness (QED) is 0.271. The average molecular weight is 407 g/mol. The summed E-state index contributed by atoms with van der Waals surface area (Å²) in [5, 5.41) is 0. The maximum atomic E-state index is 12.3. The van der Waals surface area contributed by atoms with Crippen LogP contribution in [0.1, 0.15) is 83.1 Å². The van der Waals surface area contributed by atoms with Crippen LogP contribution in [0.2, 0.25) is 0 Å². The van der Waals surface area contributed by atoms with E-state index in [9.17, 15) is 4.79 Å². The molecule has 0 rings (SSSR count). The molecule has 0 aliphatic rings. The largest absolute Gasteiger partial charge is 0.508 e. The topological polar surface area (TPSA) is 72.5 Å². The monoisotopic (exact) mass is 406 g/mol. The summed E-state index contributed by atoms with van der Waals surface area (Å²) >= 11 is 0. The van der Waals surface area contributed by atoms with Crippen molar-refractivity contribution in [2.45, 2.75) is 119 Å². The number of rotatable bonds is 10. The van der Waals surface area contributed by atoms with Gasteiger partial charge in [0.15, 0.2) is 0 Å². The van der Waals surface area contributed by atoms with Gasteiger partial charge in [-0.3, -0.25) is 0 Å². The molecule has 0 aliphatic heterocycles. The van der Waals surface area contributed by atoms with Crippen LogP contribution in [0.3, 0.4) is 0 Å². The highest BCUT2D eigenvalue weighted by Crippen LogP contribution is 2.21. The minimum absolute atomic E-state index is 0.0782. The average Bonchev–Trinajstić information content (AvgIpc) is 2.43. The lowest BCUT2D eigenvalue weighted by Gasteiger charge is -2.31. The molecule has 0 amide bonds. The van der Waals surface area contributed by atoms with Crippen LogP contribution in [0.15, 0.2) is 0 Å². The molecular weight excluding hydrogens is 364 g/mol. The molecule has 0 bridgehead atoms. The standard InChI is InChI=1S/C21H42O7/c1-13(2)17(25-27-20(7,8)9)15(5)23-19(22)24-16(6)18(14(3)4)26-28-21(10,11)12/h13-18H,1-12H3. The van der Waals surface area contributed by atoms with Gasteiger partial charge in [-0.1, -0.05) is 27.7 Å². The van der Waals surface area contributed by atoms with Gasteiger partial charge < -0.3 is 9.47 Å². The smallest absolute Gasteiger partial charge is 0.428 e. The van der Waals surface area contributed by atoms with Gasteiger partial charge in [0.05, 0.1) is 11.2 Å². The van der Waals surface area contributed by atoms with E-state index in [0.717, 1.165) is 0 Å². The number of hydrogen-bond acceptors (Lipinski definition) is 7. The van der Waals surface area contributed by atoms with Crippen molar-refractivity contribution in [1.29, 1.82) is 0 Å². The van der Waals surface area contributed by atoms with Crippen molar-refractivity contribution in [2.24, 2.45) is 11.8 Å². The van der Waals surface area contributed by atoms with Crippen LogP contribution in [-0.2, 0) is 29.0 Å². The van der Waals surface area contributed by atoms with Crippen molar-refractivity contribution >= 4 is 6.16 Å². The highest BCUT2D eigenvalue weighted by molar-refractivity contribution is 5.60. The number of hydrogen-bond donors (Lipinski definition) is 0. The molecular formula is C21H42O7. The summed E-state index contributed by atoms with van der Waals surface area (Å²) in [5.74, 6) is 0.156. The first kappa shape index (κ1) is 27.1. The maximum absolute atomic E-state index is 12.3. The summed E-state index contributed by atoms with van der Waals surface area (Å²) in [4.78, 5) is 34.1. The molecule has 4 atom stereocenters. The van der Waals surface area contributed by atoms with E-state index in [1.54, 1.807) is 13.8 Å². The van der Waals surface area contributed by atoms with E-state index in [0.29, 0.717) is 0 Å². The molecule has 0 aromatic heterocycles. The first-order valence-corrected chi connectivity index (χ1v) is 10.1. The van der Waals surface area contributed by atoms with E-state index >= 15 is 0 Å². The Hall–Kier alpha value is -0.890. The van der Waals surface area contributed by atoms with Gasteiger partial charge in [-0.25, -0.2) is 24.3 Å². The Bertz CT molecular complexity index is 409. The zero-order valence-corrected chi connectivity index (χ0v) is 19.8. The second-order valence-electron chi connectivity index (χ2n) is 9.90. The fraction of sp³-hybridized carbons (Fsp3) is 0.952. The molecule has 7 heteroatoms. The van der Waals surface area contributed by atoms with Gasteiger partial charge in [0.1, 0.15) is 24.4 Å². The molecule has 0 aliphatic carbocycles. The third-order valence-electron chi connectivity index (χ3n) is 3.62. The molecule has 0 radical (unpaired) electrons. The Morgan fingerprint density at radius 1 is 0.607 bits per heavy atom. The normalized spacial score (nSPS) is 17.4. The predicted molar refractivity (Wildman–Crippen MR) is 108 cm³/mol. The molecule has 4 unspecified atom stereocenters. The summed E-state index contributed by atoms with van der Waals surface area (Å²) in [7, 11) is 0. The second kappa shape index (κ2) is 11.3. The van der Waals surface area contributed by atoms with Crippen LogP contribution in [0, 0.1) is 11.8 Å². The molecule has 0 saturated heterocycles. The Labute approximate surface area is 171 Å². The van der Waals surface area contributed by atoms with Crippen molar-refractivity contribution in [3.05, 3.63) is 0 Å². The third-order valence-corrected chi connectivity index (χ3v) is 3.62. The molecule has 168 valence electrons. The number of carbonyl (C=O) groups is 1. The Morgan fingerprint density at radius 3 is 1.11 bits per heavy atom. The van der Waals surface area contributed by atoms with E-state index in [4.69, 9.17) is 29.0 Å². The van der Waals surface area contributed by atoms with Crippen LogP contribution in [0.5, 0.6) is 0 Å². The van der Waals surface area contributed by atoms with E-state index in [-0.39, 0.29) is 11.8 Å². The third kappa shape index (κ3) is 11.8. The molecule has 0 spiro atoms. The Morgan fingerprint density at radius 2 is 0.893 bits per heavy atom. The van der Waals surface area contributed by atoms with Crippen molar-refractivity contribution < 1.29 is 33.8 Å².